The number of nitrogens with two attached hydrogens (primary N) is 2. The molecule has 0 fully saturated rings. The molecule has 0 bridgehead atoms. The smallest absolute Gasteiger partial charge is 0.461 e. The van der Waals surface area contributed by atoms with Crippen LogP contribution in [0.2, 0.25) is 0 Å². The van der Waals surface area contributed by atoms with Crippen molar-refractivity contribution in [3.8, 4) is 11.5 Å². The molecule has 3 aromatic carbocycles. The van der Waals surface area contributed by atoms with E-state index in [1.807, 2.05) is 0 Å². The molecule has 3 aromatic rings. The zero-order valence-corrected chi connectivity index (χ0v) is 19.2. The van der Waals surface area contributed by atoms with E-state index in [4.69, 9.17) is 16.2 Å². The van der Waals surface area contributed by atoms with Gasteiger partial charge in [-0.3, -0.25) is 0 Å². The Balaban J connectivity index is 1.63. The number of hydrogen-bond acceptors (Lipinski definition) is 6. The summed E-state index contributed by atoms with van der Waals surface area (Å²) in [5.74, 6) is -2.44. The molecule has 5 N–H and O–H groups in total. The summed E-state index contributed by atoms with van der Waals surface area (Å²) in [4.78, 5) is 24.1. The lowest BCUT2D eigenvalue weighted by atomic mass is 10.0. The van der Waals surface area contributed by atoms with Crippen LogP contribution in [-0.2, 0) is 11.2 Å². The van der Waals surface area contributed by atoms with Gasteiger partial charge in [0.2, 0.25) is 0 Å². The number of alkyl halides is 4. The van der Waals surface area contributed by atoms with Crippen LogP contribution in [0.3, 0.4) is 0 Å². The Morgan fingerprint density at radius 3 is 2.14 bits per heavy atom. The summed E-state index contributed by atoms with van der Waals surface area (Å²) in [7, 11) is 0. The standard InChI is InChI=1S/C26H22F4N2O5/c27-25(28)26(29,30)37-21-11-9-20(10-12-21)36-24(35)17-3-1-15(2-4-17)13-18(23(33)34)6-5-16-7-8-19(31)14-22(16)32/h1-4,7-14,25H,5-6,31-32H2,(H,33,34)/b18-13+. The molecule has 194 valence electrons. The van der Waals surface area contributed by atoms with Gasteiger partial charge in [-0.25, -0.2) is 9.59 Å². The van der Waals surface area contributed by atoms with Gasteiger partial charge in [-0.1, -0.05) is 18.2 Å². The summed E-state index contributed by atoms with van der Waals surface area (Å²) in [5.41, 5.74) is 14.1. The van der Waals surface area contributed by atoms with E-state index >= 15 is 0 Å². The zero-order valence-electron chi connectivity index (χ0n) is 19.2. The second-order valence-corrected chi connectivity index (χ2v) is 7.88. The van der Waals surface area contributed by atoms with Gasteiger partial charge in [-0.2, -0.15) is 17.6 Å². The van der Waals surface area contributed by atoms with Gasteiger partial charge in [-0.15, -0.1) is 0 Å². The largest absolute Gasteiger partial charge is 0.478 e. The van der Waals surface area contributed by atoms with E-state index in [1.54, 1.807) is 18.2 Å². The number of ether oxygens (including phenoxy) is 2. The van der Waals surface area contributed by atoms with Crippen LogP contribution in [0.15, 0.2) is 72.3 Å². The van der Waals surface area contributed by atoms with Crippen molar-refractivity contribution < 1.29 is 41.7 Å². The first-order valence-electron chi connectivity index (χ1n) is 10.8. The third kappa shape index (κ3) is 7.47. The van der Waals surface area contributed by atoms with Crippen molar-refractivity contribution >= 4 is 29.4 Å². The fourth-order valence-corrected chi connectivity index (χ4v) is 3.21. The highest BCUT2D eigenvalue weighted by atomic mass is 19.3. The predicted octanol–water partition coefficient (Wildman–Crippen LogP) is 5.41. The molecular weight excluding hydrogens is 496 g/mol. The van der Waals surface area contributed by atoms with Crippen molar-refractivity contribution in [3.63, 3.8) is 0 Å². The lowest BCUT2D eigenvalue weighted by Gasteiger charge is -2.16. The minimum absolute atomic E-state index is 0.0307. The minimum atomic E-state index is -4.65. The summed E-state index contributed by atoms with van der Waals surface area (Å²) in [6.07, 6.45) is -6.59. The van der Waals surface area contributed by atoms with Crippen LogP contribution >= 0.6 is 0 Å². The molecule has 3 rings (SSSR count). The number of aryl methyl sites for hydroxylation is 1. The van der Waals surface area contributed by atoms with E-state index in [2.05, 4.69) is 4.74 Å². The average molecular weight is 518 g/mol. The molecule has 0 saturated carbocycles. The summed E-state index contributed by atoms with van der Waals surface area (Å²) in [5, 5.41) is 9.56. The Hall–Kier alpha value is -4.54. The first-order chi connectivity index (χ1) is 17.4. The first kappa shape index (κ1) is 27.1. The van der Waals surface area contributed by atoms with Gasteiger partial charge < -0.3 is 26.0 Å². The Morgan fingerprint density at radius 1 is 0.946 bits per heavy atom. The molecule has 0 aromatic heterocycles. The monoisotopic (exact) mass is 518 g/mol. The van der Waals surface area contributed by atoms with Gasteiger partial charge in [0.15, 0.2) is 0 Å². The second-order valence-electron chi connectivity index (χ2n) is 7.88. The van der Waals surface area contributed by atoms with Gasteiger partial charge in [0, 0.05) is 16.9 Å². The number of benzene rings is 3. The number of halogens is 4. The van der Waals surface area contributed by atoms with E-state index in [9.17, 15) is 32.3 Å². The lowest BCUT2D eigenvalue weighted by Crippen LogP contribution is -2.33. The number of rotatable bonds is 10. The normalized spacial score (nSPS) is 11.9. The third-order valence-electron chi connectivity index (χ3n) is 5.14. The quantitative estimate of drug-likeness (QED) is 0.108. The van der Waals surface area contributed by atoms with Crippen molar-refractivity contribution in [2.75, 3.05) is 11.5 Å². The maximum Gasteiger partial charge on any atom is 0.461 e. The molecule has 0 unspecified atom stereocenters. The Morgan fingerprint density at radius 2 is 1.57 bits per heavy atom. The highest BCUT2D eigenvalue weighted by Crippen LogP contribution is 2.29. The molecule has 0 spiro atoms. The van der Waals surface area contributed by atoms with Crippen molar-refractivity contribution in [3.05, 3.63) is 89.0 Å². The van der Waals surface area contributed by atoms with Crippen molar-refractivity contribution in [1.29, 1.82) is 0 Å². The summed E-state index contributed by atoms with van der Waals surface area (Å²) in [6.45, 7) is 0. The molecule has 0 heterocycles. The molecule has 11 heteroatoms. The number of nitrogen functional groups attached to an aromatic ring is 2. The number of hydrogen-bond donors (Lipinski definition) is 3. The fourth-order valence-electron chi connectivity index (χ4n) is 3.21. The van der Waals surface area contributed by atoms with Crippen molar-refractivity contribution in [2.24, 2.45) is 0 Å². The maximum absolute atomic E-state index is 13.0. The molecule has 0 aliphatic carbocycles. The fraction of sp³-hybridized carbons (Fsp3) is 0.154. The Bertz CT molecular complexity index is 1290. The SMILES string of the molecule is Nc1ccc(CC/C(=C\c2ccc(C(=O)Oc3ccc(OC(F)(F)C(F)F)cc3)cc2)C(=O)O)c(N)c1. The molecule has 0 aliphatic rings. The zero-order chi connectivity index (χ0) is 27.2. The van der Waals surface area contributed by atoms with Gasteiger partial charge in [0.05, 0.1) is 5.56 Å². The van der Waals surface area contributed by atoms with E-state index in [1.165, 1.54) is 30.3 Å². The number of aliphatic carboxylic acids is 1. The molecule has 0 amide bonds. The Labute approximate surface area is 208 Å². The minimum Gasteiger partial charge on any atom is -0.478 e. The maximum atomic E-state index is 13.0. The number of carboxylic acid groups (broad SMARTS) is 1. The summed E-state index contributed by atoms with van der Waals surface area (Å²) in [6, 6.07) is 15.1. The number of carboxylic acids is 1. The second kappa shape index (κ2) is 11.5. The summed E-state index contributed by atoms with van der Waals surface area (Å²) < 4.78 is 59.5. The van der Waals surface area contributed by atoms with Crippen LogP contribution in [0.1, 0.15) is 27.9 Å². The van der Waals surface area contributed by atoms with Crippen LogP contribution in [0, 0.1) is 0 Å². The van der Waals surface area contributed by atoms with Crippen molar-refractivity contribution in [2.45, 2.75) is 25.4 Å². The molecule has 0 saturated heterocycles. The van der Waals surface area contributed by atoms with E-state index in [-0.39, 0.29) is 23.3 Å². The van der Waals surface area contributed by atoms with E-state index in [0.717, 1.165) is 29.8 Å². The number of esters is 1. The van der Waals surface area contributed by atoms with Gasteiger partial charge in [0.1, 0.15) is 11.5 Å². The molecule has 37 heavy (non-hydrogen) atoms. The Kier molecular flexibility index (Phi) is 8.38. The van der Waals surface area contributed by atoms with Crippen molar-refractivity contribution in [1.82, 2.24) is 0 Å². The van der Waals surface area contributed by atoms with Crippen LogP contribution in [0.5, 0.6) is 11.5 Å². The van der Waals surface area contributed by atoms with E-state index < -0.39 is 30.2 Å². The molecular formula is C26H22F4N2O5. The highest BCUT2D eigenvalue weighted by Gasteiger charge is 2.43. The van der Waals surface area contributed by atoms with Gasteiger partial charge in [0.25, 0.3) is 0 Å². The van der Waals surface area contributed by atoms with Gasteiger partial charge in [-0.05, 0) is 78.6 Å². The molecule has 0 atom stereocenters. The first-order valence-corrected chi connectivity index (χ1v) is 10.8. The molecule has 7 nitrogen and oxygen atoms in total. The predicted molar refractivity (Wildman–Crippen MR) is 129 cm³/mol. The highest BCUT2D eigenvalue weighted by molar-refractivity contribution is 5.93. The lowest BCUT2D eigenvalue weighted by molar-refractivity contribution is -0.253. The number of carbonyl (C=O) groups excluding carboxylic acids is 1. The molecule has 0 aliphatic heterocycles. The number of anilines is 2. The third-order valence-corrected chi connectivity index (χ3v) is 5.14. The van der Waals surface area contributed by atoms with Crippen LogP contribution < -0.4 is 20.9 Å². The summed E-state index contributed by atoms with van der Waals surface area (Å²) >= 11 is 0. The molecule has 0 radical (unpaired) electrons. The van der Waals surface area contributed by atoms with Gasteiger partial charge >= 0.3 is 24.5 Å². The number of carbonyl (C=O) groups is 2. The van der Waals surface area contributed by atoms with Crippen LogP contribution in [-0.4, -0.2) is 29.6 Å². The van der Waals surface area contributed by atoms with Crippen LogP contribution in [0.25, 0.3) is 6.08 Å². The average Bonchev–Trinajstić information content (AvgIpc) is 2.84. The van der Waals surface area contributed by atoms with Crippen LogP contribution in [0.4, 0.5) is 28.9 Å². The topological polar surface area (TPSA) is 125 Å². The van der Waals surface area contributed by atoms with E-state index in [0.29, 0.717) is 23.4 Å².